The van der Waals surface area contributed by atoms with Gasteiger partial charge >= 0.3 is 0 Å². The molecule has 0 unspecified atom stereocenters. The Balaban J connectivity index is 2.18. The van der Waals surface area contributed by atoms with Gasteiger partial charge in [0.15, 0.2) is 0 Å². The van der Waals surface area contributed by atoms with Crippen LogP contribution in [0.1, 0.15) is 12.0 Å². The molecule has 1 heterocycles. The van der Waals surface area contributed by atoms with E-state index in [4.69, 9.17) is 33.7 Å². The molecule has 0 atom stereocenters. The Hall–Kier alpha value is -0.480. The minimum Gasteiger partial charge on any atom is -0.378 e. The van der Waals surface area contributed by atoms with Crippen molar-refractivity contribution in [1.29, 1.82) is 0 Å². The fourth-order valence-electron chi connectivity index (χ4n) is 2.11. The van der Waals surface area contributed by atoms with Crippen LogP contribution in [0.15, 0.2) is 12.1 Å². The highest BCUT2D eigenvalue weighted by molar-refractivity contribution is 6.36. The molecule has 0 bridgehead atoms. The molecule has 1 aliphatic heterocycles. The van der Waals surface area contributed by atoms with Crippen molar-refractivity contribution < 1.29 is 4.74 Å². The summed E-state index contributed by atoms with van der Waals surface area (Å²) in [5, 5.41) is 1.47. The Kier molecular flexibility index (Phi) is 5.13. The molecule has 0 spiro atoms. The van der Waals surface area contributed by atoms with Gasteiger partial charge in [0.2, 0.25) is 0 Å². The molecule has 0 saturated carbocycles. The molecule has 3 nitrogen and oxygen atoms in total. The maximum Gasteiger partial charge on any atom is 0.0642 e. The van der Waals surface area contributed by atoms with E-state index in [2.05, 4.69) is 4.90 Å². The number of hydrogen-bond donors (Lipinski definition) is 1. The minimum atomic E-state index is 0.651. The lowest BCUT2D eigenvalue weighted by Gasteiger charge is -2.29. The monoisotopic (exact) mass is 288 g/mol. The second kappa shape index (κ2) is 6.62. The normalized spacial score (nSPS) is 16.1. The fourth-order valence-corrected chi connectivity index (χ4v) is 2.78. The highest BCUT2D eigenvalue weighted by Gasteiger charge is 2.15. The van der Waals surface area contributed by atoms with E-state index in [1.54, 1.807) is 0 Å². The van der Waals surface area contributed by atoms with Crippen LogP contribution in [-0.2, 0) is 11.2 Å². The van der Waals surface area contributed by atoms with Gasteiger partial charge in [0, 0.05) is 28.8 Å². The van der Waals surface area contributed by atoms with Crippen LogP contribution in [0.3, 0.4) is 0 Å². The summed E-state index contributed by atoms with van der Waals surface area (Å²) < 4.78 is 5.34. The van der Waals surface area contributed by atoms with Crippen LogP contribution in [-0.4, -0.2) is 32.8 Å². The molecule has 1 saturated heterocycles. The predicted molar refractivity (Wildman–Crippen MR) is 76.9 cm³/mol. The van der Waals surface area contributed by atoms with Crippen molar-refractivity contribution in [3.8, 4) is 0 Å². The Morgan fingerprint density at radius 2 is 1.78 bits per heavy atom. The number of nitrogens with zero attached hydrogens (tertiary/aromatic N) is 1. The van der Waals surface area contributed by atoms with Crippen molar-refractivity contribution in [2.45, 2.75) is 12.8 Å². The molecule has 0 amide bonds. The van der Waals surface area contributed by atoms with Gasteiger partial charge in [0.25, 0.3) is 0 Å². The quantitative estimate of drug-likeness (QED) is 0.926. The van der Waals surface area contributed by atoms with E-state index in [-0.39, 0.29) is 0 Å². The van der Waals surface area contributed by atoms with E-state index in [0.717, 1.165) is 60.4 Å². The number of rotatable bonds is 4. The largest absolute Gasteiger partial charge is 0.378 e. The summed E-state index contributed by atoms with van der Waals surface area (Å²) in [5.74, 6) is 0. The number of ether oxygens (including phenoxy) is 1. The summed E-state index contributed by atoms with van der Waals surface area (Å²) >= 11 is 12.6. The Labute approximate surface area is 118 Å². The van der Waals surface area contributed by atoms with E-state index in [0.29, 0.717) is 6.54 Å². The van der Waals surface area contributed by atoms with Gasteiger partial charge < -0.3 is 15.4 Å². The molecule has 0 aromatic heterocycles. The van der Waals surface area contributed by atoms with E-state index in [1.807, 2.05) is 12.1 Å². The Bertz CT molecular complexity index is 383. The van der Waals surface area contributed by atoms with Crippen molar-refractivity contribution >= 4 is 28.9 Å². The molecule has 2 rings (SSSR count). The van der Waals surface area contributed by atoms with E-state index < -0.39 is 0 Å². The standard InChI is InChI=1S/C13H18Cl2N2O/c14-12-8-10(17-4-6-18-7-5-17)9-13(15)11(12)2-1-3-16/h8-9H,1-7,16H2. The molecular formula is C13H18Cl2N2O. The lowest BCUT2D eigenvalue weighted by molar-refractivity contribution is 0.122. The third-order valence-corrected chi connectivity index (χ3v) is 3.81. The van der Waals surface area contributed by atoms with Gasteiger partial charge in [-0.2, -0.15) is 0 Å². The second-order valence-electron chi connectivity index (χ2n) is 4.38. The third-order valence-electron chi connectivity index (χ3n) is 3.13. The maximum atomic E-state index is 6.31. The summed E-state index contributed by atoms with van der Waals surface area (Å²) in [6, 6.07) is 3.98. The summed E-state index contributed by atoms with van der Waals surface area (Å²) in [4.78, 5) is 2.24. The van der Waals surface area contributed by atoms with Gasteiger partial charge in [-0.25, -0.2) is 0 Å². The van der Waals surface area contributed by atoms with Crippen LogP contribution in [0.25, 0.3) is 0 Å². The number of benzene rings is 1. The van der Waals surface area contributed by atoms with Crippen molar-refractivity contribution in [2.24, 2.45) is 5.73 Å². The molecule has 0 radical (unpaired) electrons. The van der Waals surface area contributed by atoms with Crippen LogP contribution >= 0.6 is 23.2 Å². The van der Waals surface area contributed by atoms with E-state index in [9.17, 15) is 0 Å². The van der Waals surface area contributed by atoms with Gasteiger partial charge in [0.1, 0.15) is 0 Å². The molecule has 5 heteroatoms. The Morgan fingerprint density at radius 3 is 2.33 bits per heavy atom. The van der Waals surface area contributed by atoms with Gasteiger partial charge in [0.05, 0.1) is 13.2 Å². The van der Waals surface area contributed by atoms with Gasteiger partial charge in [-0.3, -0.25) is 0 Å². The molecule has 2 N–H and O–H groups in total. The molecule has 100 valence electrons. The van der Waals surface area contributed by atoms with Crippen molar-refractivity contribution in [3.63, 3.8) is 0 Å². The van der Waals surface area contributed by atoms with Crippen LogP contribution in [0, 0.1) is 0 Å². The van der Waals surface area contributed by atoms with Crippen molar-refractivity contribution in [3.05, 3.63) is 27.7 Å². The van der Waals surface area contributed by atoms with Gasteiger partial charge in [-0.15, -0.1) is 0 Å². The number of anilines is 1. The van der Waals surface area contributed by atoms with E-state index in [1.165, 1.54) is 0 Å². The molecular weight excluding hydrogens is 271 g/mol. The first-order valence-electron chi connectivity index (χ1n) is 6.23. The van der Waals surface area contributed by atoms with Gasteiger partial charge in [-0.1, -0.05) is 23.2 Å². The van der Waals surface area contributed by atoms with Crippen LogP contribution < -0.4 is 10.6 Å². The first-order chi connectivity index (χ1) is 8.72. The second-order valence-corrected chi connectivity index (χ2v) is 5.19. The van der Waals surface area contributed by atoms with Crippen molar-refractivity contribution in [1.82, 2.24) is 0 Å². The number of nitrogens with two attached hydrogens (primary N) is 1. The fraction of sp³-hybridized carbons (Fsp3) is 0.538. The SMILES string of the molecule is NCCCc1c(Cl)cc(N2CCOCC2)cc1Cl. The lowest BCUT2D eigenvalue weighted by atomic mass is 10.1. The zero-order chi connectivity index (χ0) is 13.0. The van der Waals surface area contributed by atoms with Crippen LogP contribution in [0.4, 0.5) is 5.69 Å². The highest BCUT2D eigenvalue weighted by atomic mass is 35.5. The topological polar surface area (TPSA) is 38.5 Å². The average molecular weight is 289 g/mol. The Morgan fingerprint density at radius 1 is 1.17 bits per heavy atom. The maximum absolute atomic E-state index is 6.31. The smallest absolute Gasteiger partial charge is 0.0642 e. The van der Waals surface area contributed by atoms with Crippen molar-refractivity contribution in [2.75, 3.05) is 37.7 Å². The molecule has 1 aromatic rings. The number of morpholine rings is 1. The van der Waals surface area contributed by atoms with Gasteiger partial charge in [-0.05, 0) is 37.1 Å². The van der Waals surface area contributed by atoms with E-state index >= 15 is 0 Å². The van der Waals surface area contributed by atoms with Crippen LogP contribution in [0.5, 0.6) is 0 Å². The third kappa shape index (κ3) is 3.29. The first kappa shape index (κ1) is 13.9. The molecule has 1 aliphatic rings. The van der Waals surface area contributed by atoms with Crippen LogP contribution in [0.2, 0.25) is 10.0 Å². The summed E-state index contributed by atoms with van der Waals surface area (Å²) in [6.45, 7) is 3.93. The average Bonchev–Trinajstić information content (AvgIpc) is 2.39. The zero-order valence-corrected chi connectivity index (χ0v) is 11.8. The number of halogens is 2. The molecule has 18 heavy (non-hydrogen) atoms. The highest BCUT2D eigenvalue weighted by Crippen LogP contribution is 2.32. The zero-order valence-electron chi connectivity index (χ0n) is 10.3. The first-order valence-corrected chi connectivity index (χ1v) is 6.98. The molecule has 1 fully saturated rings. The predicted octanol–water partition coefficient (Wildman–Crippen LogP) is 2.72. The summed E-state index contributed by atoms with van der Waals surface area (Å²) in [5.41, 5.74) is 7.59. The number of hydrogen-bond acceptors (Lipinski definition) is 3. The summed E-state index contributed by atoms with van der Waals surface area (Å²) in [7, 11) is 0. The minimum absolute atomic E-state index is 0.651. The molecule has 1 aromatic carbocycles. The summed E-state index contributed by atoms with van der Waals surface area (Å²) in [6.07, 6.45) is 1.73. The molecule has 0 aliphatic carbocycles. The lowest BCUT2D eigenvalue weighted by Crippen LogP contribution is -2.36.